The number of carbonyl (C=O) groups is 2. The molecule has 5 nitrogen and oxygen atoms in total. The Morgan fingerprint density at radius 1 is 0.960 bits per heavy atom. The van der Waals surface area contributed by atoms with Crippen LogP contribution in [0, 0.1) is 13.8 Å². The molecule has 0 unspecified atom stereocenters. The third-order valence-corrected chi connectivity index (χ3v) is 4.31. The molecule has 0 aliphatic heterocycles. The zero-order valence-corrected chi connectivity index (χ0v) is 15.0. The third-order valence-electron chi connectivity index (χ3n) is 4.31. The maximum absolute atomic E-state index is 11.6. The second-order valence-corrected chi connectivity index (χ2v) is 7.21. The van der Waals surface area contributed by atoms with Crippen LogP contribution in [0.4, 0.5) is 0 Å². The van der Waals surface area contributed by atoms with Crippen molar-refractivity contribution in [3.63, 3.8) is 0 Å². The molecule has 0 bridgehead atoms. The first-order chi connectivity index (χ1) is 11.4. The van der Waals surface area contributed by atoms with E-state index in [1.807, 2.05) is 33.8 Å². The van der Waals surface area contributed by atoms with Crippen LogP contribution in [0.15, 0.2) is 24.3 Å². The van der Waals surface area contributed by atoms with Crippen LogP contribution in [0.5, 0.6) is 5.75 Å². The maximum atomic E-state index is 11.6. The molecule has 0 amide bonds. The lowest BCUT2D eigenvalue weighted by molar-refractivity contribution is 0.0696. The number of carboxylic acid groups (broad SMARTS) is 2. The summed E-state index contributed by atoms with van der Waals surface area (Å²) in [5, 5.41) is 29.2. The molecule has 25 heavy (non-hydrogen) atoms. The molecule has 0 atom stereocenters. The average molecular weight is 342 g/mol. The maximum Gasteiger partial charge on any atom is 0.336 e. The highest BCUT2D eigenvalue weighted by molar-refractivity contribution is 6.00. The van der Waals surface area contributed by atoms with Gasteiger partial charge in [-0.05, 0) is 59.2 Å². The van der Waals surface area contributed by atoms with Crippen LogP contribution in [0.1, 0.15) is 58.2 Å². The lowest BCUT2D eigenvalue weighted by atomic mass is 9.81. The minimum atomic E-state index is -1.21. The lowest BCUT2D eigenvalue weighted by Gasteiger charge is -2.25. The monoisotopic (exact) mass is 342 g/mol. The van der Waals surface area contributed by atoms with Gasteiger partial charge in [0, 0.05) is 0 Å². The molecule has 0 aliphatic carbocycles. The summed E-state index contributed by atoms with van der Waals surface area (Å²) in [5.41, 5.74) is 2.73. The van der Waals surface area contributed by atoms with Crippen molar-refractivity contribution in [2.24, 2.45) is 0 Å². The van der Waals surface area contributed by atoms with Crippen molar-refractivity contribution in [2.45, 2.75) is 40.0 Å². The van der Waals surface area contributed by atoms with Crippen LogP contribution in [-0.4, -0.2) is 27.3 Å². The molecule has 0 saturated carbocycles. The highest BCUT2D eigenvalue weighted by Gasteiger charge is 2.25. The molecule has 0 aromatic heterocycles. The first-order valence-corrected chi connectivity index (χ1v) is 7.89. The van der Waals surface area contributed by atoms with Crippen molar-refractivity contribution in [2.75, 3.05) is 0 Å². The number of benzene rings is 2. The predicted molar refractivity (Wildman–Crippen MR) is 95.6 cm³/mol. The van der Waals surface area contributed by atoms with Crippen LogP contribution < -0.4 is 0 Å². The summed E-state index contributed by atoms with van der Waals surface area (Å²) in [6.45, 7) is 9.57. The summed E-state index contributed by atoms with van der Waals surface area (Å²) in [6.07, 6.45) is 0. The minimum Gasteiger partial charge on any atom is -0.507 e. The van der Waals surface area contributed by atoms with Gasteiger partial charge in [0.25, 0.3) is 0 Å². The molecule has 0 heterocycles. The number of hydrogen-bond acceptors (Lipinski definition) is 3. The van der Waals surface area contributed by atoms with Gasteiger partial charge in [0.2, 0.25) is 0 Å². The van der Waals surface area contributed by atoms with Crippen LogP contribution >= 0.6 is 0 Å². The van der Waals surface area contributed by atoms with Gasteiger partial charge in [-0.1, -0.05) is 32.9 Å². The van der Waals surface area contributed by atoms with E-state index in [9.17, 15) is 19.8 Å². The second kappa shape index (κ2) is 6.24. The molecular formula is C20H22O5. The average Bonchev–Trinajstić information content (AvgIpc) is 2.49. The Balaban J connectivity index is 2.82. The van der Waals surface area contributed by atoms with Crippen molar-refractivity contribution < 1.29 is 24.9 Å². The van der Waals surface area contributed by atoms with Crippen molar-refractivity contribution in [1.29, 1.82) is 0 Å². The van der Waals surface area contributed by atoms with Crippen LogP contribution in [0.25, 0.3) is 11.1 Å². The fourth-order valence-electron chi connectivity index (χ4n) is 3.03. The molecule has 2 aromatic rings. The second-order valence-electron chi connectivity index (χ2n) is 7.21. The van der Waals surface area contributed by atoms with Crippen molar-refractivity contribution >= 4 is 11.9 Å². The highest BCUT2D eigenvalue weighted by Crippen LogP contribution is 2.41. The number of phenolic OH excluding ortho intramolecular Hbond substituents is 1. The molecule has 0 fully saturated rings. The third kappa shape index (κ3) is 3.36. The standard InChI is InChI=1S/C20H22O5/c1-10-8-15(20(3,4)5)17(21)11(2)16(10)13-7-6-12(18(22)23)9-14(13)19(24)25/h6-9,21H,1-5H3,(H,22,23)(H,24,25). The lowest BCUT2D eigenvalue weighted by Crippen LogP contribution is -2.13. The summed E-state index contributed by atoms with van der Waals surface area (Å²) in [4.78, 5) is 22.8. The van der Waals surface area contributed by atoms with E-state index < -0.39 is 11.9 Å². The van der Waals surface area contributed by atoms with Gasteiger partial charge in [-0.15, -0.1) is 0 Å². The van der Waals surface area contributed by atoms with Gasteiger partial charge in [-0.3, -0.25) is 0 Å². The molecule has 3 N–H and O–H groups in total. The Kier molecular flexibility index (Phi) is 4.62. The summed E-state index contributed by atoms with van der Waals surface area (Å²) < 4.78 is 0. The SMILES string of the molecule is Cc1cc(C(C)(C)C)c(O)c(C)c1-c1ccc(C(=O)O)cc1C(=O)O. The Bertz CT molecular complexity index is 873. The molecule has 2 aromatic carbocycles. The van der Waals surface area contributed by atoms with Gasteiger partial charge in [0.05, 0.1) is 11.1 Å². The molecule has 2 rings (SSSR count). The molecular weight excluding hydrogens is 320 g/mol. The predicted octanol–water partition coefficient (Wildman–Crippen LogP) is 4.37. The fraction of sp³-hybridized carbons (Fsp3) is 0.300. The number of phenols is 1. The summed E-state index contributed by atoms with van der Waals surface area (Å²) >= 11 is 0. The van der Waals surface area contributed by atoms with Crippen molar-refractivity contribution in [1.82, 2.24) is 0 Å². The molecule has 0 spiro atoms. The van der Waals surface area contributed by atoms with E-state index >= 15 is 0 Å². The number of aryl methyl sites for hydroxylation is 1. The minimum absolute atomic E-state index is 0.0908. The zero-order chi connectivity index (χ0) is 19.1. The summed E-state index contributed by atoms with van der Waals surface area (Å²) in [5.74, 6) is -2.27. The van der Waals surface area contributed by atoms with Crippen LogP contribution in [-0.2, 0) is 5.41 Å². The number of carboxylic acids is 2. The quantitative estimate of drug-likeness (QED) is 0.770. The van der Waals surface area contributed by atoms with E-state index in [4.69, 9.17) is 5.11 Å². The van der Waals surface area contributed by atoms with Crippen molar-refractivity contribution in [3.05, 3.63) is 52.1 Å². The van der Waals surface area contributed by atoms with Gasteiger partial charge >= 0.3 is 11.9 Å². The zero-order valence-electron chi connectivity index (χ0n) is 15.0. The van der Waals surface area contributed by atoms with Gasteiger partial charge < -0.3 is 15.3 Å². The van der Waals surface area contributed by atoms with E-state index in [2.05, 4.69) is 0 Å². The van der Waals surface area contributed by atoms with Crippen molar-refractivity contribution in [3.8, 4) is 16.9 Å². The summed E-state index contributed by atoms with van der Waals surface area (Å²) in [7, 11) is 0. The topological polar surface area (TPSA) is 94.8 Å². The number of aromatic hydroxyl groups is 1. The van der Waals surface area contributed by atoms with E-state index in [0.717, 1.165) is 17.2 Å². The van der Waals surface area contributed by atoms with E-state index in [1.165, 1.54) is 12.1 Å². The highest BCUT2D eigenvalue weighted by atomic mass is 16.4. The largest absolute Gasteiger partial charge is 0.507 e. The van der Waals surface area contributed by atoms with Gasteiger partial charge in [-0.2, -0.15) is 0 Å². The molecule has 5 heteroatoms. The Hall–Kier alpha value is -2.82. The molecule has 0 radical (unpaired) electrons. The number of hydrogen-bond donors (Lipinski definition) is 3. The molecule has 0 saturated heterocycles. The van der Waals surface area contributed by atoms with Crippen LogP contribution in [0.3, 0.4) is 0 Å². The van der Waals surface area contributed by atoms with Crippen LogP contribution in [0.2, 0.25) is 0 Å². The first kappa shape index (κ1) is 18.5. The number of aromatic carboxylic acids is 2. The Labute approximate surface area is 146 Å². The van der Waals surface area contributed by atoms with Gasteiger partial charge in [0.1, 0.15) is 5.75 Å². The smallest absolute Gasteiger partial charge is 0.336 e. The first-order valence-electron chi connectivity index (χ1n) is 7.89. The van der Waals surface area contributed by atoms with Gasteiger partial charge in [0.15, 0.2) is 0 Å². The summed E-state index contributed by atoms with van der Waals surface area (Å²) in [6, 6.07) is 5.86. The Morgan fingerprint density at radius 2 is 1.56 bits per heavy atom. The normalized spacial score (nSPS) is 11.4. The molecule has 0 aliphatic rings. The van der Waals surface area contributed by atoms with E-state index in [0.29, 0.717) is 16.7 Å². The Morgan fingerprint density at radius 3 is 2.04 bits per heavy atom. The fourth-order valence-corrected chi connectivity index (χ4v) is 3.03. The number of rotatable bonds is 3. The van der Waals surface area contributed by atoms with E-state index in [1.54, 1.807) is 6.92 Å². The van der Waals surface area contributed by atoms with E-state index in [-0.39, 0.29) is 22.3 Å². The molecule has 132 valence electrons. The van der Waals surface area contributed by atoms with Gasteiger partial charge in [-0.25, -0.2) is 9.59 Å².